The van der Waals surface area contributed by atoms with E-state index in [0.717, 1.165) is 10.0 Å². The molecule has 1 amide bonds. The van der Waals surface area contributed by atoms with E-state index in [-0.39, 0.29) is 6.04 Å². The molecule has 2 aromatic carbocycles. The first-order chi connectivity index (χ1) is 11.6. The lowest BCUT2D eigenvalue weighted by molar-refractivity contribution is 0.0636. The van der Waals surface area contributed by atoms with Crippen LogP contribution in [0.2, 0.25) is 0 Å². The van der Waals surface area contributed by atoms with E-state index < -0.39 is 17.5 Å². The molecule has 1 unspecified atom stereocenters. The van der Waals surface area contributed by atoms with Gasteiger partial charge in [0.15, 0.2) is 0 Å². The lowest BCUT2D eigenvalue weighted by Gasteiger charge is -2.22. The zero-order chi connectivity index (χ0) is 18.6. The predicted molar refractivity (Wildman–Crippen MR) is 102 cm³/mol. The van der Waals surface area contributed by atoms with Crippen LogP contribution in [-0.2, 0) is 4.74 Å². The number of anilines is 2. The van der Waals surface area contributed by atoms with Crippen LogP contribution < -0.4 is 10.6 Å². The van der Waals surface area contributed by atoms with Crippen molar-refractivity contribution in [3.05, 3.63) is 58.3 Å². The SMILES string of the molecule is CC(Nc1cc(F)ccc1NC(=O)OC(C)(C)C)c1cccc(Br)c1. The number of benzene rings is 2. The van der Waals surface area contributed by atoms with E-state index in [4.69, 9.17) is 4.74 Å². The summed E-state index contributed by atoms with van der Waals surface area (Å²) in [5.74, 6) is -0.390. The molecule has 0 saturated heterocycles. The lowest BCUT2D eigenvalue weighted by atomic mass is 10.1. The van der Waals surface area contributed by atoms with Gasteiger partial charge in [0.1, 0.15) is 11.4 Å². The van der Waals surface area contributed by atoms with Crippen LogP contribution in [0.25, 0.3) is 0 Å². The average Bonchev–Trinajstić information content (AvgIpc) is 2.48. The van der Waals surface area contributed by atoms with Gasteiger partial charge in [0, 0.05) is 10.5 Å². The molecule has 0 radical (unpaired) electrons. The summed E-state index contributed by atoms with van der Waals surface area (Å²) in [5, 5.41) is 5.89. The minimum absolute atomic E-state index is 0.0847. The molecule has 2 rings (SSSR count). The first-order valence-corrected chi connectivity index (χ1v) is 8.75. The zero-order valence-corrected chi connectivity index (χ0v) is 16.3. The number of hydrogen-bond acceptors (Lipinski definition) is 3. The van der Waals surface area contributed by atoms with Crippen LogP contribution in [0.3, 0.4) is 0 Å². The van der Waals surface area contributed by atoms with Crippen LogP contribution in [0, 0.1) is 5.82 Å². The summed E-state index contributed by atoms with van der Waals surface area (Å²) < 4.78 is 19.9. The molecular formula is C19H22BrFN2O2. The number of nitrogens with one attached hydrogen (secondary N) is 2. The van der Waals surface area contributed by atoms with Gasteiger partial charge in [-0.05, 0) is 63.6 Å². The van der Waals surface area contributed by atoms with E-state index in [1.54, 1.807) is 20.8 Å². The van der Waals surface area contributed by atoms with Crippen molar-refractivity contribution in [3.8, 4) is 0 Å². The van der Waals surface area contributed by atoms with E-state index in [1.807, 2.05) is 31.2 Å². The van der Waals surface area contributed by atoms with Gasteiger partial charge in [-0.1, -0.05) is 28.1 Å². The molecule has 0 aliphatic heterocycles. The fourth-order valence-corrected chi connectivity index (χ4v) is 2.67. The van der Waals surface area contributed by atoms with Gasteiger partial charge in [0.25, 0.3) is 0 Å². The Bertz CT molecular complexity index is 759. The van der Waals surface area contributed by atoms with Gasteiger partial charge < -0.3 is 10.1 Å². The van der Waals surface area contributed by atoms with Crippen molar-refractivity contribution in [2.24, 2.45) is 0 Å². The number of halogens is 2. The summed E-state index contributed by atoms with van der Waals surface area (Å²) in [4.78, 5) is 12.0. The standard InChI is InChI=1S/C19H22BrFN2O2/c1-12(13-6-5-7-14(20)10-13)22-17-11-15(21)8-9-16(17)23-18(24)25-19(2,3)4/h5-12,22H,1-4H3,(H,23,24). The van der Waals surface area contributed by atoms with Crippen LogP contribution in [0.5, 0.6) is 0 Å². The van der Waals surface area contributed by atoms with Crippen molar-refractivity contribution >= 4 is 33.4 Å². The molecule has 0 spiro atoms. The second-order valence-electron chi connectivity index (χ2n) is 6.74. The maximum absolute atomic E-state index is 13.7. The third-order valence-corrected chi connectivity index (χ3v) is 3.83. The fourth-order valence-electron chi connectivity index (χ4n) is 2.25. The van der Waals surface area contributed by atoms with Crippen molar-refractivity contribution in [3.63, 3.8) is 0 Å². The Hall–Kier alpha value is -2.08. The van der Waals surface area contributed by atoms with Gasteiger partial charge in [0.2, 0.25) is 0 Å². The minimum atomic E-state index is -0.610. The van der Waals surface area contributed by atoms with Crippen molar-refractivity contribution in [2.45, 2.75) is 39.3 Å². The van der Waals surface area contributed by atoms with Gasteiger partial charge in [0.05, 0.1) is 11.4 Å². The molecule has 1 atom stereocenters. The molecule has 6 heteroatoms. The van der Waals surface area contributed by atoms with Crippen molar-refractivity contribution < 1.29 is 13.9 Å². The van der Waals surface area contributed by atoms with Gasteiger partial charge in [-0.25, -0.2) is 9.18 Å². The van der Waals surface area contributed by atoms with Crippen LogP contribution in [0.1, 0.15) is 39.3 Å². The molecule has 4 nitrogen and oxygen atoms in total. The lowest BCUT2D eigenvalue weighted by Crippen LogP contribution is -2.27. The molecule has 2 N–H and O–H groups in total. The third-order valence-electron chi connectivity index (χ3n) is 3.34. The summed E-state index contributed by atoms with van der Waals surface area (Å²) in [5.41, 5.74) is 1.36. The number of hydrogen-bond donors (Lipinski definition) is 2. The molecule has 0 bridgehead atoms. The fraction of sp³-hybridized carbons (Fsp3) is 0.316. The van der Waals surface area contributed by atoms with Gasteiger partial charge in [-0.2, -0.15) is 0 Å². The van der Waals surface area contributed by atoms with Crippen molar-refractivity contribution in [1.29, 1.82) is 0 Å². The van der Waals surface area contributed by atoms with Gasteiger partial charge in [-0.3, -0.25) is 5.32 Å². The topological polar surface area (TPSA) is 50.4 Å². The van der Waals surface area contributed by atoms with Crippen molar-refractivity contribution in [1.82, 2.24) is 0 Å². The highest BCUT2D eigenvalue weighted by atomic mass is 79.9. The first kappa shape index (κ1) is 19.2. The van der Waals surface area contributed by atoms with Crippen LogP contribution in [0.15, 0.2) is 46.9 Å². The molecule has 0 aliphatic carbocycles. The summed E-state index contributed by atoms with van der Waals surface area (Å²) >= 11 is 3.44. The number of amides is 1. The highest BCUT2D eigenvalue weighted by Gasteiger charge is 2.18. The third kappa shape index (κ3) is 6.05. The molecule has 134 valence electrons. The molecule has 25 heavy (non-hydrogen) atoms. The second-order valence-corrected chi connectivity index (χ2v) is 7.65. The second kappa shape index (κ2) is 7.87. The number of carbonyl (C=O) groups is 1. The summed E-state index contributed by atoms with van der Waals surface area (Å²) in [6.07, 6.45) is -0.586. The van der Waals surface area contributed by atoms with E-state index in [0.29, 0.717) is 11.4 Å². The molecule has 0 fully saturated rings. The largest absolute Gasteiger partial charge is 0.444 e. The maximum atomic E-state index is 13.7. The van der Waals surface area contributed by atoms with Gasteiger partial charge in [-0.15, -0.1) is 0 Å². The Morgan fingerprint density at radius 2 is 1.88 bits per heavy atom. The Labute approximate surface area is 155 Å². The number of ether oxygens (including phenoxy) is 1. The molecule has 0 aliphatic rings. The molecular weight excluding hydrogens is 387 g/mol. The highest BCUT2D eigenvalue weighted by Crippen LogP contribution is 2.28. The van der Waals surface area contributed by atoms with Crippen LogP contribution >= 0.6 is 15.9 Å². The first-order valence-electron chi connectivity index (χ1n) is 7.95. The zero-order valence-electron chi connectivity index (χ0n) is 14.7. The summed E-state index contributed by atoms with van der Waals surface area (Å²) in [7, 11) is 0. The molecule has 2 aromatic rings. The van der Waals surface area contributed by atoms with E-state index in [2.05, 4.69) is 26.6 Å². The average molecular weight is 409 g/mol. The normalized spacial score (nSPS) is 12.4. The molecule has 0 heterocycles. The summed E-state index contributed by atoms with van der Waals surface area (Å²) in [6.45, 7) is 7.31. The van der Waals surface area contributed by atoms with E-state index in [1.165, 1.54) is 18.2 Å². The quantitative estimate of drug-likeness (QED) is 0.641. The Balaban J connectivity index is 2.19. The van der Waals surface area contributed by atoms with E-state index >= 15 is 0 Å². The maximum Gasteiger partial charge on any atom is 0.412 e. The number of rotatable bonds is 4. The summed E-state index contributed by atoms with van der Waals surface area (Å²) in [6, 6.07) is 11.9. The molecule has 0 saturated carbocycles. The Morgan fingerprint density at radius 1 is 1.16 bits per heavy atom. The van der Waals surface area contributed by atoms with E-state index in [9.17, 15) is 9.18 Å². The smallest absolute Gasteiger partial charge is 0.412 e. The Morgan fingerprint density at radius 3 is 2.52 bits per heavy atom. The van der Waals surface area contributed by atoms with Gasteiger partial charge >= 0.3 is 6.09 Å². The number of carbonyl (C=O) groups excluding carboxylic acids is 1. The van der Waals surface area contributed by atoms with Crippen LogP contribution in [0.4, 0.5) is 20.6 Å². The highest BCUT2D eigenvalue weighted by molar-refractivity contribution is 9.10. The Kier molecular flexibility index (Phi) is 6.06. The predicted octanol–water partition coefficient (Wildman–Crippen LogP) is 6.11. The monoisotopic (exact) mass is 408 g/mol. The minimum Gasteiger partial charge on any atom is -0.444 e. The van der Waals surface area contributed by atoms with Crippen LogP contribution in [-0.4, -0.2) is 11.7 Å². The van der Waals surface area contributed by atoms with Crippen molar-refractivity contribution in [2.75, 3.05) is 10.6 Å². The molecule has 0 aromatic heterocycles.